The van der Waals surface area contributed by atoms with Crippen molar-refractivity contribution in [2.24, 2.45) is 5.73 Å². The molecular weight excluding hydrogens is 284 g/mol. The molecule has 0 saturated carbocycles. The number of nitrogens with one attached hydrogen (secondary N) is 1. The molecule has 1 unspecified atom stereocenters. The van der Waals surface area contributed by atoms with E-state index in [4.69, 9.17) is 10.5 Å². The first-order chi connectivity index (χ1) is 8.13. The number of hydrogen-bond donors (Lipinski definition) is 2. The van der Waals surface area contributed by atoms with E-state index in [-0.39, 0.29) is 18.6 Å². The van der Waals surface area contributed by atoms with Crippen molar-refractivity contribution in [3.05, 3.63) is 34.3 Å². The van der Waals surface area contributed by atoms with Gasteiger partial charge in [-0.25, -0.2) is 0 Å². The standard InChI is InChI=1S/C12H17BrN2O2/c1-9(10-3-2-4-11(13)7-10)15-12(16)8-17-6-5-14/h2-4,7,9H,5-6,8,14H2,1H3,(H,15,16). The molecule has 0 saturated heterocycles. The van der Waals surface area contributed by atoms with E-state index in [1.807, 2.05) is 31.2 Å². The fraction of sp³-hybridized carbons (Fsp3) is 0.417. The Morgan fingerprint density at radius 3 is 3.00 bits per heavy atom. The molecule has 5 heteroatoms. The predicted molar refractivity (Wildman–Crippen MR) is 70.6 cm³/mol. The minimum Gasteiger partial charge on any atom is -0.370 e. The molecule has 0 fully saturated rings. The maximum Gasteiger partial charge on any atom is 0.246 e. The van der Waals surface area contributed by atoms with E-state index < -0.39 is 0 Å². The lowest BCUT2D eigenvalue weighted by atomic mass is 10.1. The van der Waals surface area contributed by atoms with E-state index in [1.54, 1.807) is 0 Å². The van der Waals surface area contributed by atoms with Gasteiger partial charge in [0.05, 0.1) is 12.6 Å². The van der Waals surface area contributed by atoms with Crippen LogP contribution in [0.25, 0.3) is 0 Å². The molecule has 94 valence electrons. The third-order valence-electron chi connectivity index (χ3n) is 2.22. The van der Waals surface area contributed by atoms with E-state index in [1.165, 1.54) is 0 Å². The first-order valence-electron chi connectivity index (χ1n) is 5.46. The van der Waals surface area contributed by atoms with Gasteiger partial charge < -0.3 is 15.8 Å². The van der Waals surface area contributed by atoms with Crippen LogP contribution in [-0.4, -0.2) is 25.7 Å². The van der Waals surface area contributed by atoms with Gasteiger partial charge in [-0.15, -0.1) is 0 Å². The van der Waals surface area contributed by atoms with Gasteiger partial charge in [-0.05, 0) is 24.6 Å². The molecule has 0 aromatic heterocycles. The third-order valence-corrected chi connectivity index (χ3v) is 2.71. The topological polar surface area (TPSA) is 64.3 Å². The summed E-state index contributed by atoms with van der Waals surface area (Å²) in [5.41, 5.74) is 6.31. The van der Waals surface area contributed by atoms with Gasteiger partial charge in [0.1, 0.15) is 6.61 Å². The molecule has 1 aromatic carbocycles. The summed E-state index contributed by atoms with van der Waals surface area (Å²) < 4.78 is 6.05. The fourth-order valence-corrected chi connectivity index (χ4v) is 1.81. The molecule has 4 nitrogen and oxygen atoms in total. The number of halogens is 1. The van der Waals surface area contributed by atoms with Crippen LogP contribution >= 0.6 is 15.9 Å². The van der Waals surface area contributed by atoms with Crippen LogP contribution in [0.5, 0.6) is 0 Å². The van der Waals surface area contributed by atoms with Crippen LogP contribution < -0.4 is 11.1 Å². The zero-order valence-electron chi connectivity index (χ0n) is 9.78. The molecule has 1 aromatic rings. The molecule has 17 heavy (non-hydrogen) atoms. The van der Waals surface area contributed by atoms with Gasteiger partial charge in [0.2, 0.25) is 5.91 Å². The highest BCUT2D eigenvalue weighted by atomic mass is 79.9. The van der Waals surface area contributed by atoms with Gasteiger partial charge in [0, 0.05) is 11.0 Å². The van der Waals surface area contributed by atoms with Crippen LogP contribution in [0.2, 0.25) is 0 Å². The van der Waals surface area contributed by atoms with Crippen LogP contribution in [0.15, 0.2) is 28.7 Å². The van der Waals surface area contributed by atoms with Crippen molar-refractivity contribution >= 4 is 21.8 Å². The average Bonchev–Trinajstić information content (AvgIpc) is 2.29. The Morgan fingerprint density at radius 1 is 1.59 bits per heavy atom. The second-order valence-electron chi connectivity index (χ2n) is 3.69. The predicted octanol–water partition coefficient (Wildman–Crippen LogP) is 1.60. The molecular formula is C12H17BrN2O2. The molecule has 3 N–H and O–H groups in total. The fourth-order valence-electron chi connectivity index (χ4n) is 1.39. The van der Waals surface area contributed by atoms with Crippen LogP contribution in [0, 0.1) is 0 Å². The summed E-state index contributed by atoms with van der Waals surface area (Å²) in [5.74, 6) is -0.133. The molecule has 1 amide bonds. The smallest absolute Gasteiger partial charge is 0.246 e. The maximum atomic E-state index is 11.5. The molecule has 0 bridgehead atoms. The Hall–Kier alpha value is -0.910. The molecule has 0 aliphatic carbocycles. The third kappa shape index (κ3) is 5.30. The number of carbonyl (C=O) groups excluding carboxylic acids is 1. The van der Waals surface area contributed by atoms with Crippen molar-refractivity contribution in [1.82, 2.24) is 5.32 Å². The number of amides is 1. The van der Waals surface area contributed by atoms with Crippen molar-refractivity contribution < 1.29 is 9.53 Å². The Balaban J connectivity index is 2.43. The molecule has 0 aliphatic heterocycles. The largest absolute Gasteiger partial charge is 0.370 e. The van der Waals surface area contributed by atoms with Gasteiger partial charge in [0.25, 0.3) is 0 Å². The molecule has 1 rings (SSSR count). The first-order valence-corrected chi connectivity index (χ1v) is 6.25. The summed E-state index contributed by atoms with van der Waals surface area (Å²) in [5, 5.41) is 2.86. The van der Waals surface area contributed by atoms with Crippen molar-refractivity contribution in [2.45, 2.75) is 13.0 Å². The second-order valence-corrected chi connectivity index (χ2v) is 4.60. The number of carbonyl (C=O) groups is 1. The number of rotatable bonds is 6. The van der Waals surface area contributed by atoms with Gasteiger partial charge in [-0.3, -0.25) is 4.79 Å². The summed E-state index contributed by atoms with van der Waals surface area (Å²) in [6.07, 6.45) is 0. The Bertz CT molecular complexity index is 371. The minimum atomic E-state index is -0.133. The quantitative estimate of drug-likeness (QED) is 0.785. The van der Waals surface area contributed by atoms with E-state index in [0.29, 0.717) is 13.2 Å². The highest BCUT2D eigenvalue weighted by molar-refractivity contribution is 9.10. The molecule has 0 spiro atoms. The van der Waals surface area contributed by atoms with Crippen molar-refractivity contribution in [2.75, 3.05) is 19.8 Å². The Kier molecular flexibility index (Phi) is 6.18. The summed E-state index contributed by atoms with van der Waals surface area (Å²) in [7, 11) is 0. The maximum absolute atomic E-state index is 11.5. The second kappa shape index (κ2) is 7.42. The number of hydrogen-bond acceptors (Lipinski definition) is 3. The highest BCUT2D eigenvalue weighted by Gasteiger charge is 2.09. The lowest BCUT2D eigenvalue weighted by Crippen LogP contribution is -2.30. The van der Waals surface area contributed by atoms with E-state index in [9.17, 15) is 4.79 Å². The van der Waals surface area contributed by atoms with Crippen molar-refractivity contribution in [3.63, 3.8) is 0 Å². The Labute approximate surface area is 110 Å². The first kappa shape index (κ1) is 14.2. The molecule has 1 atom stereocenters. The lowest BCUT2D eigenvalue weighted by molar-refractivity contribution is -0.126. The molecule has 0 radical (unpaired) electrons. The highest BCUT2D eigenvalue weighted by Crippen LogP contribution is 2.17. The number of benzene rings is 1. The van der Waals surface area contributed by atoms with Crippen molar-refractivity contribution in [3.8, 4) is 0 Å². The summed E-state index contributed by atoms with van der Waals surface area (Å²) in [6, 6.07) is 7.79. The minimum absolute atomic E-state index is 0.0403. The summed E-state index contributed by atoms with van der Waals surface area (Å²) in [6.45, 7) is 2.81. The van der Waals surface area contributed by atoms with Crippen LogP contribution in [0.1, 0.15) is 18.5 Å². The zero-order valence-corrected chi connectivity index (χ0v) is 11.4. The van der Waals surface area contributed by atoms with E-state index in [0.717, 1.165) is 10.0 Å². The van der Waals surface area contributed by atoms with Gasteiger partial charge in [0.15, 0.2) is 0 Å². The summed E-state index contributed by atoms with van der Waals surface area (Å²) >= 11 is 3.40. The van der Waals surface area contributed by atoms with E-state index >= 15 is 0 Å². The normalized spacial score (nSPS) is 12.2. The van der Waals surface area contributed by atoms with Gasteiger partial charge in [-0.1, -0.05) is 28.1 Å². The summed E-state index contributed by atoms with van der Waals surface area (Å²) in [4.78, 5) is 11.5. The van der Waals surface area contributed by atoms with Gasteiger partial charge in [-0.2, -0.15) is 0 Å². The van der Waals surface area contributed by atoms with Gasteiger partial charge >= 0.3 is 0 Å². The van der Waals surface area contributed by atoms with E-state index in [2.05, 4.69) is 21.2 Å². The Morgan fingerprint density at radius 2 is 2.35 bits per heavy atom. The number of nitrogens with two attached hydrogens (primary N) is 1. The zero-order chi connectivity index (χ0) is 12.7. The number of ether oxygens (including phenoxy) is 1. The monoisotopic (exact) mass is 300 g/mol. The van der Waals surface area contributed by atoms with Crippen LogP contribution in [-0.2, 0) is 9.53 Å². The lowest BCUT2D eigenvalue weighted by Gasteiger charge is -2.14. The average molecular weight is 301 g/mol. The SMILES string of the molecule is CC(NC(=O)COCCN)c1cccc(Br)c1. The molecule has 0 aliphatic rings. The molecule has 0 heterocycles. The van der Waals surface area contributed by atoms with Crippen LogP contribution in [0.4, 0.5) is 0 Å². The van der Waals surface area contributed by atoms with Crippen molar-refractivity contribution in [1.29, 1.82) is 0 Å². The van der Waals surface area contributed by atoms with Crippen LogP contribution in [0.3, 0.4) is 0 Å².